The highest BCUT2D eigenvalue weighted by atomic mass is 32.1. The van der Waals surface area contributed by atoms with E-state index in [1.54, 1.807) is 4.90 Å². The fourth-order valence-electron chi connectivity index (χ4n) is 2.50. The van der Waals surface area contributed by atoms with Crippen molar-refractivity contribution in [2.24, 2.45) is 0 Å². The van der Waals surface area contributed by atoms with Crippen molar-refractivity contribution < 1.29 is 9.53 Å². The van der Waals surface area contributed by atoms with Gasteiger partial charge in [0.1, 0.15) is 4.99 Å². The number of cyclic esters (lactones) is 1. The molecule has 1 fully saturated rings. The second kappa shape index (κ2) is 5.89. The van der Waals surface area contributed by atoms with Crippen molar-refractivity contribution in [3.8, 4) is 0 Å². The Morgan fingerprint density at radius 3 is 2.45 bits per heavy atom. The molecule has 0 N–H and O–H groups in total. The number of benzene rings is 2. The van der Waals surface area contributed by atoms with Crippen LogP contribution in [0.1, 0.15) is 28.4 Å². The molecule has 0 radical (unpaired) electrons. The lowest BCUT2D eigenvalue weighted by molar-refractivity contribution is 0.133. The molecule has 0 aliphatic carbocycles. The van der Waals surface area contributed by atoms with Gasteiger partial charge >= 0.3 is 6.09 Å². The maximum absolute atomic E-state index is 12.2. The van der Waals surface area contributed by atoms with Gasteiger partial charge in [-0.3, -0.25) is 4.90 Å². The molecule has 1 unspecified atom stereocenters. The lowest BCUT2D eigenvalue weighted by Crippen LogP contribution is -2.28. The molecule has 2 aromatic rings. The van der Waals surface area contributed by atoms with E-state index in [4.69, 9.17) is 17.0 Å². The van der Waals surface area contributed by atoms with Crippen LogP contribution in [0.2, 0.25) is 0 Å². The van der Waals surface area contributed by atoms with Crippen molar-refractivity contribution >= 4 is 23.3 Å². The summed E-state index contributed by atoms with van der Waals surface area (Å²) in [6.45, 7) is 4.50. The number of rotatable bonds is 3. The highest BCUT2D eigenvalue weighted by Gasteiger charge is 2.38. The molecule has 1 aliphatic rings. The molecule has 0 spiro atoms. The highest BCUT2D eigenvalue weighted by Crippen LogP contribution is 2.30. The first-order chi connectivity index (χ1) is 10.6. The third kappa shape index (κ3) is 2.74. The molecule has 1 heterocycles. The molecule has 112 valence electrons. The largest absolute Gasteiger partial charge is 0.433 e. The van der Waals surface area contributed by atoms with Crippen LogP contribution in [0.15, 0.2) is 48.5 Å². The van der Waals surface area contributed by atoms with Crippen LogP contribution in [-0.4, -0.2) is 16.0 Å². The van der Waals surface area contributed by atoms with Gasteiger partial charge in [0.2, 0.25) is 0 Å². The van der Waals surface area contributed by atoms with Crippen LogP contribution in [-0.2, 0) is 11.3 Å². The molecule has 3 nitrogen and oxygen atoms in total. The van der Waals surface area contributed by atoms with E-state index in [0.717, 1.165) is 22.3 Å². The van der Waals surface area contributed by atoms with E-state index in [2.05, 4.69) is 0 Å². The number of thiocarbonyl (C=S) groups is 1. The van der Waals surface area contributed by atoms with Crippen LogP contribution in [0.4, 0.5) is 4.79 Å². The quantitative estimate of drug-likeness (QED) is 0.790. The molecule has 0 bridgehead atoms. The molecular weight excluding hydrogens is 294 g/mol. The van der Waals surface area contributed by atoms with Gasteiger partial charge in [0.15, 0.2) is 6.10 Å². The molecule has 1 atom stereocenters. The summed E-state index contributed by atoms with van der Waals surface area (Å²) in [5.41, 5.74) is 4.29. The number of carbonyl (C=O) groups is 1. The molecule has 1 amide bonds. The van der Waals surface area contributed by atoms with Crippen molar-refractivity contribution in [3.63, 3.8) is 0 Å². The van der Waals surface area contributed by atoms with Crippen molar-refractivity contribution in [1.82, 2.24) is 4.90 Å². The van der Waals surface area contributed by atoms with Crippen LogP contribution >= 0.6 is 12.2 Å². The molecule has 0 saturated carbocycles. The molecular formula is C18H17NO2S. The van der Waals surface area contributed by atoms with Gasteiger partial charge in [0.05, 0.1) is 6.54 Å². The second-order valence-corrected chi connectivity index (χ2v) is 5.94. The summed E-state index contributed by atoms with van der Waals surface area (Å²) in [6, 6.07) is 15.9. The van der Waals surface area contributed by atoms with E-state index in [-0.39, 0.29) is 6.09 Å². The minimum atomic E-state index is -0.466. The minimum Gasteiger partial charge on any atom is -0.433 e. The van der Waals surface area contributed by atoms with Crippen molar-refractivity contribution in [3.05, 3.63) is 70.8 Å². The van der Waals surface area contributed by atoms with Crippen molar-refractivity contribution in [1.29, 1.82) is 0 Å². The number of ether oxygens (including phenoxy) is 1. The summed E-state index contributed by atoms with van der Waals surface area (Å²) < 4.78 is 5.47. The highest BCUT2D eigenvalue weighted by molar-refractivity contribution is 7.80. The Kier molecular flexibility index (Phi) is 3.94. The van der Waals surface area contributed by atoms with Crippen molar-refractivity contribution in [2.45, 2.75) is 26.5 Å². The average Bonchev–Trinajstić information content (AvgIpc) is 2.78. The van der Waals surface area contributed by atoms with Crippen LogP contribution < -0.4 is 0 Å². The Balaban J connectivity index is 1.83. The van der Waals surface area contributed by atoms with Gasteiger partial charge in [-0.1, -0.05) is 66.3 Å². The van der Waals surface area contributed by atoms with Gasteiger partial charge < -0.3 is 4.74 Å². The molecule has 22 heavy (non-hydrogen) atoms. The Labute approximate surface area is 135 Å². The third-order valence-electron chi connectivity index (χ3n) is 3.90. The number of nitrogens with zero attached hydrogens (tertiary/aromatic N) is 1. The second-order valence-electron chi connectivity index (χ2n) is 5.53. The first kappa shape index (κ1) is 14.7. The lowest BCUT2D eigenvalue weighted by Gasteiger charge is -2.15. The Bertz CT molecular complexity index is 724. The SMILES string of the molecule is Cc1ccc(C2OC(=O)N(Cc3ccccc3C)C2=S)cc1. The Morgan fingerprint density at radius 1 is 1.09 bits per heavy atom. The zero-order chi connectivity index (χ0) is 15.7. The molecule has 1 saturated heterocycles. The lowest BCUT2D eigenvalue weighted by atomic mass is 10.1. The van der Waals surface area contributed by atoms with E-state index in [9.17, 15) is 4.79 Å². The standard InChI is InChI=1S/C18H17NO2S/c1-12-7-9-14(10-8-12)16-17(22)19(18(20)21-16)11-15-6-4-3-5-13(15)2/h3-10,16H,11H2,1-2H3. The summed E-state index contributed by atoms with van der Waals surface area (Å²) in [6.07, 6.45) is -0.842. The summed E-state index contributed by atoms with van der Waals surface area (Å²) in [5.74, 6) is 0. The minimum absolute atomic E-state index is 0.376. The molecule has 0 aromatic heterocycles. The number of carbonyl (C=O) groups excluding carboxylic acids is 1. The molecule has 3 rings (SSSR count). The van der Waals surface area contributed by atoms with E-state index in [0.29, 0.717) is 11.5 Å². The zero-order valence-electron chi connectivity index (χ0n) is 12.6. The van der Waals surface area contributed by atoms with Gasteiger partial charge in [0.25, 0.3) is 0 Å². The Morgan fingerprint density at radius 2 is 1.77 bits per heavy atom. The summed E-state index contributed by atoms with van der Waals surface area (Å²) in [4.78, 5) is 14.2. The van der Waals surface area contributed by atoms with Crippen LogP contribution in [0, 0.1) is 13.8 Å². The predicted octanol–water partition coefficient (Wildman–Crippen LogP) is 4.32. The van der Waals surface area contributed by atoms with Gasteiger partial charge in [0, 0.05) is 0 Å². The van der Waals surface area contributed by atoms with Gasteiger partial charge in [-0.05, 0) is 30.5 Å². The van der Waals surface area contributed by atoms with E-state index in [1.807, 2.05) is 62.4 Å². The Hall–Kier alpha value is -2.20. The van der Waals surface area contributed by atoms with Crippen LogP contribution in [0.3, 0.4) is 0 Å². The summed E-state index contributed by atoms with van der Waals surface area (Å²) >= 11 is 5.48. The number of aryl methyl sites for hydroxylation is 2. The fourth-order valence-corrected chi connectivity index (χ4v) is 2.82. The van der Waals surface area contributed by atoms with E-state index < -0.39 is 6.10 Å². The third-order valence-corrected chi connectivity index (χ3v) is 4.33. The predicted molar refractivity (Wildman–Crippen MR) is 89.7 cm³/mol. The maximum Gasteiger partial charge on any atom is 0.416 e. The monoisotopic (exact) mass is 311 g/mol. The number of amides is 1. The summed E-state index contributed by atoms with van der Waals surface area (Å²) in [7, 11) is 0. The normalized spacial score (nSPS) is 17.7. The smallest absolute Gasteiger partial charge is 0.416 e. The summed E-state index contributed by atoms with van der Waals surface area (Å²) in [5, 5.41) is 0. The van der Waals surface area contributed by atoms with Crippen LogP contribution in [0.5, 0.6) is 0 Å². The zero-order valence-corrected chi connectivity index (χ0v) is 13.4. The average molecular weight is 311 g/mol. The van der Waals surface area contributed by atoms with E-state index >= 15 is 0 Å². The van der Waals surface area contributed by atoms with E-state index in [1.165, 1.54) is 0 Å². The first-order valence-corrected chi connectivity index (χ1v) is 7.60. The maximum atomic E-state index is 12.2. The number of hydrogen-bond acceptors (Lipinski definition) is 3. The topological polar surface area (TPSA) is 29.5 Å². The molecule has 1 aliphatic heterocycles. The van der Waals surface area contributed by atoms with Gasteiger partial charge in [-0.15, -0.1) is 0 Å². The van der Waals surface area contributed by atoms with Crippen molar-refractivity contribution in [2.75, 3.05) is 0 Å². The first-order valence-electron chi connectivity index (χ1n) is 7.19. The van der Waals surface area contributed by atoms with Crippen LogP contribution in [0.25, 0.3) is 0 Å². The molecule has 2 aromatic carbocycles. The fraction of sp³-hybridized carbons (Fsp3) is 0.222. The molecule has 4 heteroatoms. The van der Waals surface area contributed by atoms with Gasteiger partial charge in [-0.25, -0.2) is 4.79 Å². The van der Waals surface area contributed by atoms with Gasteiger partial charge in [-0.2, -0.15) is 0 Å². The number of hydrogen-bond donors (Lipinski definition) is 0.